The van der Waals surface area contributed by atoms with Crippen molar-refractivity contribution in [2.75, 3.05) is 6.54 Å². The van der Waals surface area contributed by atoms with Gasteiger partial charge in [-0.2, -0.15) is 0 Å². The second-order valence-corrected chi connectivity index (χ2v) is 14.6. The largest absolute Gasteiger partial charge is 0.347 e. The quantitative estimate of drug-likeness (QED) is 0.204. The van der Waals surface area contributed by atoms with E-state index in [4.69, 9.17) is 0 Å². The summed E-state index contributed by atoms with van der Waals surface area (Å²) >= 11 is 0. The second-order valence-electron chi connectivity index (χ2n) is 14.6. The van der Waals surface area contributed by atoms with Gasteiger partial charge in [0.1, 0.15) is 23.8 Å². The van der Waals surface area contributed by atoms with Crippen molar-refractivity contribution in [3.05, 3.63) is 24.3 Å². The van der Waals surface area contributed by atoms with Gasteiger partial charge < -0.3 is 26.2 Å². The van der Waals surface area contributed by atoms with Crippen molar-refractivity contribution >= 4 is 35.3 Å². The summed E-state index contributed by atoms with van der Waals surface area (Å²) in [6.07, 6.45) is 14.5. The number of nitrogens with one attached hydrogen (secondary N) is 4. The standard InChI is InChI=1S/C36H53N7O6/c1-4-10-26(31(44)35(48)39-24-15-16-24)40-34(47)30-25-14-9-13-23(25)20-43(30)36(49)28(21(3)5-2)41-33(46)29(22-11-7-6-8-12-22)42-32(45)27-19-37-17-18-38-27/h17-19,21-26,28-30H,4-16,20H2,1-3H3,(H,39,48)(H,40,47)(H,41,46)(H,42,45)/t21-,23+,25+,26-,28+,29-,30+/m1/s1. The number of carbonyl (C=O) groups is 6. The van der Waals surface area contributed by atoms with Crippen LogP contribution in [0.4, 0.5) is 0 Å². The van der Waals surface area contributed by atoms with Gasteiger partial charge in [-0.05, 0) is 68.6 Å². The van der Waals surface area contributed by atoms with Crippen molar-refractivity contribution in [1.82, 2.24) is 36.1 Å². The van der Waals surface area contributed by atoms with E-state index in [0.29, 0.717) is 25.8 Å². The Balaban J connectivity index is 1.35. The van der Waals surface area contributed by atoms with Crippen LogP contribution in [0.3, 0.4) is 0 Å². The first-order chi connectivity index (χ1) is 23.6. The van der Waals surface area contributed by atoms with Crippen LogP contribution in [0, 0.1) is 23.7 Å². The third-order valence-corrected chi connectivity index (χ3v) is 11.1. The third-order valence-electron chi connectivity index (χ3n) is 11.1. The predicted octanol–water partition coefficient (Wildman–Crippen LogP) is 2.45. The number of nitrogens with zero attached hydrogens (tertiary/aromatic N) is 3. The number of amides is 5. The first-order valence-electron chi connectivity index (χ1n) is 18.5. The highest BCUT2D eigenvalue weighted by molar-refractivity contribution is 6.38. The number of likely N-dealkylation sites (tertiary alicyclic amines) is 1. The highest BCUT2D eigenvalue weighted by Crippen LogP contribution is 2.43. The first kappa shape index (κ1) is 36.4. The smallest absolute Gasteiger partial charge is 0.289 e. The van der Waals surface area contributed by atoms with Crippen LogP contribution < -0.4 is 21.3 Å². The van der Waals surface area contributed by atoms with Crippen molar-refractivity contribution in [2.24, 2.45) is 23.7 Å². The lowest BCUT2D eigenvalue weighted by atomic mass is 9.83. The van der Waals surface area contributed by atoms with E-state index in [-0.39, 0.29) is 41.3 Å². The Morgan fingerprint density at radius 2 is 1.65 bits per heavy atom. The molecule has 0 unspecified atom stereocenters. The normalized spacial score (nSPS) is 24.6. The van der Waals surface area contributed by atoms with Crippen molar-refractivity contribution in [1.29, 1.82) is 0 Å². The molecule has 13 heteroatoms. The molecule has 0 spiro atoms. The molecular formula is C36H53N7O6. The first-order valence-corrected chi connectivity index (χ1v) is 18.5. The number of hydrogen-bond donors (Lipinski definition) is 4. The van der Waals surface area contributed by atoms with Gasteiger partial charge in [-0.15, -0.1) is 0 Å². The molecule has 4 fully saturated rings. The van der Waals surface area contributed by atoms with E-state index in [9.17, 15) is 28.8 Å². The molecule has 0 bridgehead atoms. The number of fused-ring (bicyclic) bond motifs is 1. The van der Waals surface area contributed by atoms with Crippen LogP contribution in [0.5, 0.6) is 0 Å². The van der Waals surface area contributed by atoms with E-state index in [2.05, 4.69) is 31.2 Å². The molecular weight excluding hydrogens is 626 g/mol. The molecule has 0 radical (unpaired) electrons. The van der Waals surface area contributed by atoms with Gasteiger partial charge in [0.05, 0.1) is 12.2 Å². The van der Waals surface area contributed by atoms with Gasteiger partial charge in [-0.1, -0.05) is 59.3 Å². The molecule has 0 aromatic carbocycles. The van der Waals surface area contributed by atoms with Crippen LogP contribution in [0.15, 0.2) is 18.6 Å². The molecule has 4 aliphatic rings. The van der Waals surface area contributed by atoms with Gasteiger partial charge in [-0.3, -0.25) is 33.8 Å². The molecule has 7 atom stereocenters. The number of rotatable bonds is 15. The molecule has 4 N–H and O–H groups in total. The van der Waals surface area contributed by atoms with Crippen molar-refractivity contribution in [2.45, 2.75) is 134 Å². The molecule has 2 heterocycles. The van der Waals surface area contributed by atoms with E-state index in [1.807, 2.05) is 20.8 Å². The Labute approximate surface area is 288 Å². The minimum absolute atomic E-state index is 0.0161. The fraction of sp³-hybridized carbons (Fsp3) is 0.722. The highest BCUT2D eigenvalue weighted by Gasteiger charge is 2.51. The van der Waals surface area contributed by atoms with Gasteiger partial charge in [0, 0.05) is 25.0 Å². The minimum atomic E-state index is -0.979. The van der Waals surface area contributed by atoms with Crippen molar-refractivity contribution in [3.8, 4) is 0 Å². The van der Waals surface area contributed by atoms with Gasteiger partial charge in [0.25, 0.3) is 11.8 Å². The van der Waals surface area contributed by atoms with Crippen molar-refractivity contribution in [3.63, 3.8) is 0 Å². The van der Waals surface area contributed by atoms with E-state index >= 15 is 0 Å². The lowest BCUT2D eigenvalue weighted by molar-refractivity contribution is -0.145. The van der Waals surface area contributed by atoms with E-state index < -0.39 is 53.6 Å². The van der Waals surface area contributed by atoms with Gasteiger partial charge >= 0.3 is 0 Å². The Kier molecular flexibility index (Phi) is 12.4. The molecule has 13 nitrogen and oxygen atoms in total. The molecule has 1 aromatic heterocycles. The SMILES string of the molecule is CCC[C@@H](NC(=O)[C@@H]1[C@H]2CCC[C@H]2CN1C(=O)[C@@H](NC(=O)[C@H](NC(=O)c1cnccn1)C1CCCCC1)[C@H](C)CC)C(=O)C(=O)NC1CC1. The maximum absolute atomic E-state index is 14.5. The lowest BCUT2D eigenvalue weighted by Gasteiger charge is -2.35. The Morgan fingerprint density at radius 1 is 0.898 bits per heavy atom. The van der Waals surface area contributed by atoms with E-state index in [1.165, 1.54) is 18.6 Å². The van der Waals surface area contributed by atoms with Gasteiger partial charge in [-0.25, -0.2) is 4.98 Å². The maximum Gasteiger partial charge on any atom is 0.289 e. The summed E-state index contributed by atoms with van der Waals surface area (Å²) in [5.74, 6) is -3.36. The average Bonchev–Trinajstić information content (AvgIpc) is 3.69. The maximum atomic E-state index is 14.5. The molecule has 1 aromatic rings. The zero-order valence-electron chi connectivity index (χ0n) is 29.1. The van der Waals surface area contributed by atoms with Crippen LogP contribution >= 0.6 is 0 Å². The summed E-state index contributed by atoms with van der Waals surface area (Å²) in [7, 11) is 0. The van der Waals surface area contributed by atoms with E-state index in [0.717, 1.165) is 64.2 Å². The van der Waals surface area contributed by atoms with Crippen LogP contribution in [0.2, 0.25) is 0 Å². The third kappa shape index (κ3) is 8.83. The molecule has 3 saturated carbocycles. The topological polar surface area (TPSA) is 180 Å². The summed E-state index contributed by atoms with van der Waals surface area (Å²) < 4.78 is 0. The molecule has 5 amide bonds. The zero-order chi connectivity index (χ0) is 35.1. The van der Waals surface area contributed by atoms with Crippen molar-refractivity contribution < 1.29 is 28.8 Å². The summed E-state index contributed by atoms with van der Waals surface area (Å²) in [6, 6.07) is -3.57. The predicted molar refractivity (Wildman–Crippen MR) is 181 cm³/mol. The Bertz CT molecular complexity index is 1360. The summed E-state index contributed by atoms with van der Waals surface area (Å²) in [5, 5.41) is 11.5. The average molecular weight is 680 g/mol. The van der Waals surface area contributed by atoms with Crippen LogP contribution in [-0.2, 0) is 24.0 Å². The molecule has 268 valence electrons. The summed E-state index contributed by atoms with van der Waals surface area (Å²) in [4.78, 5) is 91.3. The fourth-order valence-electron chi connectivity index (χ4n) is 7.93. The molecule has 49 heavy (non-hydrogen) atoms. The van der Waals surface area contributed by atoms with Gasteiger partial charge in [0.15, 0.2) is 0 Å². The zero-order valence-corrected chi connectivity index (χ0v) is 29.1. The fourth-order valence-corrected chi connectivity index (χ4v) is 7.93. The number of ketones is 1. The molecule has 5 rings (SSSR count). The molecule has 1 aliphatic heterocycles. The van der Waals surface area contributed by atoms with Crippen LogP contribution in [0.25, 0.3) is 0 Å². The Morgan fingerprint density at radius 3 is 2.31 bits per heavy atom. The van der Waals surface area contributed by atoms with E-state index in [1.54, 1.807) is 4.90 Å². The Hall–Kier alpha value is -3.90. The van der Waals surface area contributed by atoms with Gasteiger partial charge in [0.2, 0.25) is 23.5 Å². The highest BCUT2D eigenvalue weighted by atomic mass is 16.2. The number of carbonyl (C=O) groups excluding carboxylic acids is 6. The second kappa shape index (κ2) is 16.7. The number of Topliss-reactive ketones (excluding diaryl/α,β-unsaturated/α-hetero) is 1. The van der Waals surface area contributed by atoms with Crippen LogP contribution in [0.1, 0.15) is 115 Å². The van der Waals surface area contributed by atoms with Crippen LogP contribution in [-0.4, -0.2) is 86.9 Å². The molecule has 3 aliphatic carbocycles. The summed E-state index contributed by atoms with van der Waals surface area (Å²) in [6.45, 7) is 6.12. The monoisotopic (exact) mass is 679 g/mol. The minimum Gasteiger partial charge on any atom is -0.347 e. The lowest BCUT2D eigenvalue weighted by Crippen LogP contribution is -2.61. The number of hydrogen-bond acceptors (Lipinski definition) is 8. The summed E-state index contributed by atoms with van der Waals surface area (Å²) in [5.41, 5.74) is 0.105. The molecule has 1 saturated heterocycles. The number of aromatic nitrogens is 2.